The highest BCUT2D eigenvalue weighted by atomic mass is 16.2. The van der Waals surface area contributed by atoms with Gasteiger partial charge in [0, 0.05) is 46.2 Å². The Hall–Kier alpha value is -3.08. The molecule has 162 valence electrons. The van der Waals surface area contributed by atoms with Crippen molar-refractivity contribution in [1.29, 1.82) is 0 Å². The first kappa shape index (κ1) is 21.2. The molecular weight excluding hydrogens is 384 g/mol. The Morgan fingerprint density at radius 3 is 2.26 bits per heavy atom. The number of carbonyl (C=O) groups excluding carboxylic acids is 1. The largest absolute Gasteiger partial charge is 0.356 e. The summed E-state index contributed by atoms with van der Waals surface area (Å²) >= 11 is 0. The summed E-state index contributed by atoms with van der Waals surface area (Å²) < 4.78 is 0. The summed E-state index contributed by atoms with van der Waals surface area (Å²) in [6, 6.07) is 18.9. The van der Waals surface area contributed by atoms with Crippen LogP contribution in [0.2, 0.25) is 0 Å². The van der Waals surface area contributed by atoms with E-state index in [0.717, 1.165) is 57.9 Å². The van der Waals surface area contributed by atoms with Gasteiger partial charge in [-0.2, -0.15) is 0 Å². The first-order valence-electron chi connectivity index (χ1n) is 11.3. The van der Waals surface area contributed by atoms with Crippen LogP contribution in [0.15, 0.2) is 65.2 Å². The highest BCUT2D eigenvalue weighted by Gasteiger charge is 2.22. The number of carbonyl (C=O) groups is 1. The number of nitrogens with zero attached hydrogens (tertiary/aromatic N) is 3. The Morgan fingerprint density at radius 2 is 1.61 bits per heavy atom. The summed E-state index contributed by atoms with van der Waals surface area (Å²) in [5.41, 5.74) is 5.33. The fourth-order valence-electron chi connectivity index (χ4n) is 4.37. The SMILES string of the molecule is CN=C(NCCCC(=O)N1Cc2ccccc2C1)N1CCC(=Cc2ccccc2)CC1. The zero-order valence-corrected chi connectivity index (χ0v) is 18.4. The zero-order valence-electron chi connectivity index (χ0n) is 18.4. The molecule has 1 N–H and O–H groups in total. The van der Waals surface area contributed by atoms with Crippen LogP contribution in [-0.2, 0) is 17.9 Å². The molecule has 0 bridgehead atoms. The van der Waals surface area contributed by atoms with Crippen LogP contribution in [0.4, 0.5) is 0 Å². The highest BCUT2D eigenvalue weighted by molar-refractivity contribution is 5.80. The third kappa shape index (κ3) is 5.54. The highest BCUT2D eigenvalue weighted by Crippen LogP contribution is 2.23. The van der Waals surface area contributed by atoms with Gasteiger partial charge < -0.3 is 15.1 Å². The lowest BCUT2D eigenvalue weighted by Crippen LogP contribution is -2.44. The molecule has 0 saturated carbocycles. The second kappa shape index (κ2) is 10.3. The van der Waals surface area contributed by atoms with Crippen molar-refractivity contribution in [2.24, 2.45) is 4.99 Å². The summed E-state index contributed by atoms with van der Waals surface area (Å²) in [6.07, 6.45) is 5.82. The van der Waals surface area contributed by atoms with Crippen molar-refractivity contribution in [1.82, 2.24) is 15.1 Å². The minimum absolute atomic E-state index is 0.238. The van der Waals surface area contributed by atoms with Crippen molar-refractivity contribution in [3.05, 3.63) is 76.9 Å². The van der Waals surface area contributed by atoms with E-state index >= 15 is 0 Å². The first-order valence-corrected chi connectivity index (χ1v) is 11.3. The Bertz CT molecular complexity index is 916. The van der Waals surface area contributed by atoms with Crippen molar-refractivity contribution in [2.75, 3.05) is 26.7 Å². The van der Waals surface area contributed by atoms with Crippen molar-refractivity contribution in [3.8, 4) is 0 Å². The molecule has 2 aliphatic rings. The Labute approximate surface area is 185 Å². The van der Waals surface area contributed by atoms with Gasteiger partial charge in [0.15, 0.2) is 5.96 Å². The predicted octanol–water partition coefficient (Wildman–Crippen LogP) is 4.06. The second-order valence-electron chi connectivity index (χ2n) is 8.30. The van der Waals surface area contributed by atoms with Gasteiger partial charge in [-0.3, -0.25) is 9.79 Å². The lowest BCUT2D eigenvalue weighted by Gasteiger charge is -2.31. The van der Waals surface area contributed by atoms with Gasteiger partial charge in [-0.1, -0.05) is 66.2 Å². The summed E-state index contributed by atoms with van der Waals surface area (Å²) in [6.45, 7) is 4.21. The first-order chi connectivity index (χ1) is 15.2. The number of rotatable bonds is 5. The van der Waals surface area contributed by atoms with Crippen LogP contribution >= 0.6 is 0 Å². The van der Waals surface area contributed by atoms with Crippen molar-refractivity contribution in [2.45, 2.75) is 38.8 Å². The molecule has 0 unspecified atom stereocenters. The van der Waals surface area contributed by atoms with E-state index < -0.39 is 0 Å². The van der Waals surface area contributed by atoms with E-state index in [1.807, 2.05) is 24.1 Å². The molecule has 1 fully saturated rings. The molecule has 0 radical (unpaired) electrons. The number of benzene rings is 2. The Morgan fingerprint density at radius 1 is 0.968 bits per heavy atom. The minimum Gasteiger partial charge on any atom is -0.356 e. The third-order valence-corrected chi connectivity index (χ3v) is 6.13. The molecule has 0 spiro atoms. The van der Waals surface area contributed by atoms with E-state index in [9.17, 15) is 4.79 Å². The van der Waals surface area contributed by atoms with Crippen LogP contribution in [0.3, 0.4) is 0 Å². The average Bonchev–Trinajstić information content (AvgIpc) is 3.25. The maximum absolute atomic E-state index is 12.6. The van der Waals surface area contributed by atoms with Crippen LogP contribution in [-0.4, -0.2) is 48.3 Å². The van der Waals surface area contributed by atoms with E-state index in [4.69, 9.17) is 0 Å². The number of nitrogens with one attached hydrogen (secondary N) is 1. The smallest absolute Gasteiger partial charge is 0.223 e. The molecule has 2 aromatic rings. The van der Waals surface area contributed by atoms with E-state index in [0.29, 0.717) is 6.42 Å². The summed E-state index contributed by atoms with van der Waals surface area (Å²) in [4.78, 5) is 21.3. The minimum atomic E-state index is 0.238. The molecule has 2 aromatic carbocycles. The predicted molar refractivity (Wildman–Crippen MR) is 127 cm³/mol. The average molecular weight is 417 g/mol. The lowest BCUT2D eigenvalue weighted by molar-refractivity contribution is -0.131. The quantitative estimate of drug-likeness (QED) is 0.454. The molecule has 5 nitrogen and oxygen atoms in total. The van der Waals surface area contributed by atoms with Gasteiger partial charge in [-0.15, -0.1) is 0 Å². The number of likely N-dealkylation sites (tertiary alicyclic amines) is 1. The second-order valence-corrected chi connectivity index (χ2v) is 8.30. The van der Waals surface area contributed by atoms with Gasteiger partial charge in [0.05, 0.1) is 0 Å². The van der Waals surface area contributed by atoms with Gasteiger partial charge in [-0.25, -0.2) is 0 Å². The van der Waals surface area contributed by atoms with Gasteiger partial charge in [0.1, 0.15) is 0 Å². The zero-order chi connectivity index (χ0) is 21.5. The monoisotopic (exact) mass is 416 g/mol. The molecular formula is C26H32N4O. The third-order valence-electron chi connectivity index (χ3n) is 6.13. The lowest BCUT2D eigenvalue weighted by atomic mass is 10.0. The maximum Gasteiger partial charge on any atom is 0.223 e. The van der Waals surface area contributed by atoms with E-state index in [1.54, 1.807) is 0 Å². The number of piperidine rings is 1. The standard InChI is InChI=1S/C26H32N4O/c1-27-26(29-16-13-22(14-17-29)18-21-8-3-2-4-9-21)28-15-7-12-25(31)30-19-23-10-5-6-11-24(23)20-30/h2-6,8-11,18H,7,12-17,19-20H2,1H3,(H,27,28). The van der Waals surface area contributed by atoms with E-state index in [-0.39, 0.29) is 5.91 Å². The van der Waals surface area contributed by atoms with Crippen LogP contribution < -0.4 is 5.32 Å². The molecule has 2 aliphatic heterocycles. The molecule has 0 aliphatic carbocycles. The van der Waals surface area contributed by atoms with Gasteiger partial charge in [0.2, 0.25) is 5.91 Å². The van der Waals surface area contributed by atoms with Crippen LogP contribution in [0.25, 0.3) is 6.08 Å². The Balaban J connectivity index is 1.18. The Kier molecular flexibility index (Phi) is 7.03. The summed E-state index contributed by atoms with van der Waals surface area (Å²) in [5.74, 6) is 1.18. The fourth-order valence-corrected chi connectivity index (χ4v) is 4.37. The molecule has 2 heterocycles. The fraction of sp³-hybridized carbons (Fsp3) is 0.385. The van der Waals surface area contributed by atoms with Crippen LogP contribution in [0.5, 0.6) is 0 Å². The normalized spacial score (nSPS) is 16.3. The van der Waals surface area contributed by atoms with Gasteiger partial charge >= 0.3 is 0 Å². The maximum atomic E-state index is 12.6. The number of guanidine groups is 1. The molecule has 1 amide bonds. The molecule has 1 saturated heterocycles. The van der Waals surface area contributed by atoms with Crippen LogP contribution in [0, 0.1) is 0 Å². The number of aliphatic imine (C=N–C) groups is 1. The molecule has 4 rings (SSSR count). The number of amides is 1. The summed E-state index contributed by atoms with van der Waals surface area (Å²) in [7, 11) is 1.84. The van der Waals surface area contributed by atoms with Gasteiger partial charge in [-0.05, 0) is 36.0 Å². The van der Waals surface area contributed by atoms with Crippen molar-refractivity contribution >= 4 is 17.9 Å². The topological polar surface area (TPSA) is 47.9 Å². The number of fused-ring (bicyclic) bond motifs is 1. The van der Waals surface area contributed by atoms with Crippen molar-refractivity contribution in [3.63, 3.8) is 0 Å². The molecule has 0 aromatic heterocycles. The molecule has 5 heteroatoms. The number of hydrogen-bond acceptors (Lipinski definition) is 2. The van der Waals surface area contributed by atoms with Crippen LogP contribution in [0.1, 0.15) is 42.4 Å². The van der Waals surface area contributed by atoms with E-state index in [1.165, 1.54) is 22.3 Å². The van der Waals surface area contributed by atoms with Gasteiger partial charge in [0.25, 0.3) is 0 Å². The molecule has 31 heavy (non-hydrogen) atoms. The van der Waals surface area contributed by atoms with Crippen molar-refractivity contribution < 1.29 is 4.79 Å². The molecule has 0 atom stereocenters. The summed E-state index contributed by atoms with van der Waals surface area (Å²) in [5, 5.41) is 3.45. The van der Waals surface area contributed by atoms with E-state index in [2.05, 4.69) is 63.7 Å². The number of hydrogen-bond donors (Lipinski definition) is 1.